The second-order valence-electron chi connectivity index (χ2n) is 2.41. The number of unbranched alkanes of at least 4 members (excludes halogenated alkanes) is 2. The zero-order valence-electron chi connectivity index (χ0n) is 7.49. The van der Waals surface area contributed by atoms with Crippen LogP contribution >= 0.6 is 0 Å². The molecule has 0 amide bonds. The summed E-state index contributed by atoms with van der Waals surface area (Å²) in [6, 6.07) is 0. The van der Waals surface area contributed by atoms with Gasteiger partial charge in [0, 0.05) is 6.08 Å². The molecule has 0 fully saturated rings. The van der Waals surface area contributed by atoms with Crippen molar-refractivity contribution in [3.05, 3.63) is 12.7 Å². The first-order valence-electron chi connectivity index (χ1n) is 4.14. The molecule has 0 aliphatic heterocycles. The zero-order chi connectivity index (χ0) is 9.94. The topological polar surface area (TPSA) is 55.7 Å². The third-order valence-corrected chi connectivity index (χ3v) is 1.39. The highest BCUT2D eigenvalue weighted by molar-refractivity contribution is 5.81. The van der Waals surface area contributed by atoms with Gasteiger partial charge in [-0.15, -0.1) is 0 Å². The van der Waals surface area contributed by atoms with Crippen LogP contribution < -0.4 is 0 Å². The van der Waals surface area contributed by atoms with Crippen molar-refractivity contribution in [2.24, 2.45) is 4.99 Å². The molecule has 0 rings (SSSR count). The number of esters is 1. The first kappa shape index (κ1) is 11.6. The third-order valence-electron chi connectivity index (χ3n) is 1.39. The minimum Gasteiger partial charge on any atom is -0.463 e. The molecule has 0 spiro atoms. The molecule has 13 heavy (non-hydrogen) atoms. The van der Waals surface area contributed by atoms with E-state index in [1.807, 2.05) is 0 Å². The van der Waals surface area contributed by atoms with Gasteiger partial charge >= 0.3 is 5.97 Å². The van der Waals surface area contributed by atoms with Crippen LogP contribution in [0.5, 0.6) is 0 Å². The molecular weight excluding hydrogens is 170 g/mol. The third kappa shape index (κ3) is 8.50. The van der Waals surface area contributed by atoms with Crippen LogP contribution in [0.1, 0.15) is 19.3 Å². The number of aliphatic imine (C=N–C) groups is 1. The number of hydrogen-bond donors (Lipinski definition) is 0. The van der Waals surface area contributed by atoms with Crippen molar-refractivity contribution >= 4 is 12.0 Å². The molecule has 0 heterocycles. The Hall–Kier alpha value is -1.41. The average molecular weight is 183 g/mol. The van der Waals surface area contributed by atoms with Gasteiger partial charge in [-0.2, -0.15) is 0 Å². The number of isocyanates is 1. The number of carbonyl (C=O) groups excluding carboxylic acids is 2. The van der Waals surface area contributed by atoms with Gasteiger partial charge in [0.1, 0.15) is 0 Å². The molecule has 0 unspecified atom stereocenters. The average Bonchev–Trinajstić information content (AvgIpc) is 2.16. The Morgan fingerprint density at radius 1 is 1.46 bits per heavy atom. The Morgan fingerprint density at radius 2 is 2.23 bits per heavy atom. The quantitative estimate of drug-likeness (QED) is 0.196. The maximum absolute atomic E-state index is 10.5. The van der Waals surface area contributed by atoms with E-state index < -0.39 is 5.97 Å². The second kappa shape index (κ2) is 8.68. The molecule has 0 aliphatic carbocycles. The maximum Gasteiger partial charge on any atom is 0.330 e. The number of ether oxygens (including phenoxy) is 1. The Bertz CT molecular complexity index is 207. The van der Waals surface area contributed by atoms with Gasteiger partial charge in [-0.3, -0.25) is 0 Å². The normalized spacial score (nSPS) is 8.62. The van der Waals surface area contributed by atoms with E-state index in [-0.39, 0.29) is 0 Å². The summed E-state index contributed by atoms with van der Waals surface area (Å²) >= 11 is 0. The second-order valence-corrected chi connectivity index (χ2v) is 2.41. The van der Waals surface area contributed by atoms with Crippen LogP contribution in [-0.2, 0) is 14.3 Å². The molecule has 0 aromatic rings. The Labute approximate surface area is 77.3 Å². The fourth-order valence-electron chi connectivity index (χ4n) is 0.747. The molecule has 0 radical (unpaired) electrons. The predicted molar refractivity (Wildman–Crippen MR) is 48.0 cm³/mol. The lowest BCUT2D eigenvalue weighted by Crippen LogP contribution is -2.01. The lowest BCUT2D eigenvalue weighted by Gasteiger charge is -1.99. The van der Waals surface area contributed by atoms with Gasteiger partial charge in [-0.25, -0.2) is 14.6 Å². The minimum atomic E-state index is -0.397. The van der Waals surface area contributed by atoms with Gasteiger partial charge in [0.2, 0.25) is 6.08 Å². The van der Waals surface area contributed by atoms with Crippen LogP contribution in [0.3, 0.4) is 0 Å². The molecule has 0 saturated heterocycles. The predicted octanol–water partition coefficient (Wildman–Crippen LogP) is 1.22. The van der Waals surface area contributed by atoms with E-state index in [0.29, 0.717) is 13.2 Å². The summed E-state index contributed by atoms with van der Waals surface area (Å²) in [6.07, 6.45) is 5.09. The van der Waals surface area contributed by atoms with Crippen molar-refractivity contribution in [1.82, 2.24) is 0 Å². The molecule has 0 atom stereocenters. The molecule has 0 aliphatic rings. The van der Waals surface area contributed by atoms with Gasteiger partial charge in [-0.05, 0) is 19.3 Å². The summed E-state index contributed by atoms with van der Waals surface area (Å²) in [5.74, 6) is -0.397. The zero-order valence-corrected chi connectivity index (χ0v) is 7.49. The number of nitrogens with zero attached hydrogens (tertiary/aromatic N) is 1. The Morgan fingerprint density at radius 3 is 2.85 bits per heavy atom. The first-order valence-corrected chi connectivity index (χ1v) is 4.14. The monoisotopic (exact) mass is 183 g/mol. The molecule has 0 bridgehead atoms. The van der Waals surface area contributed by atoms with Crippen LogP contribution in [0.2, 0.25) is 0 Å². The van der Waals surface area contributed by atoms with E-state index in [2.05, 4.69) is 11.6 Å². The summed E-state index contributed by atoms with van der Waals surface area (Å²) in [5, 5.41) is 0. The SMILES string of the molecule is C=CC(=O)OCCCCCN=C=O. The number of hydrogen-bond acceptors (Lipinski definition) is 4. The summed E-state index contributed by atoms with van der Waals surface area (Å²) in [7, 11) is 0. The van der Waals surface area contributed by atoms with E-state index in [0.717, 1.165) is 25.3 Å². The molecule has 0 N–H and O–H groups in total. The van der Waals surface area contributed by atoms with E-state index in [4.69, 9.17) is 4.74 Å². The van der Waals surface area contributed by atoms with Gasteiger partial charge in [0.05, 0.1) is 13.2 Å². The van der Waals surface area contributed by atoms with Crippen molar-refractivity contribution in [2.75, 3.05) is 13.2 Å². The van der Waals surface area contributed by atoms with Crippen LogP contribution in [0.4, 0.5) is 0 Å². The van der Waals surface area contributed by atoms with E-state index >= 15 is 0 Å². The highest BCUT2D eigenvalue weighted by atomic mass is 16.5. The van der Waals surface area contributed by atoms with Gasteiger partial charge < -0.3 is 4.74 Å². The fourth-order valence-corrected chi connectivity index (χ4v) is 0.747. The lowest BCUT2D eigenvalue weighted by molar-refractivity contribution is -0.137. The fraction of sp³-hybridized carbons (Fsp3) is 0.556. The molecule has 0 aromatic carbocycles. The molecule has 0 saturated carbocycles. The number of rotatable bonds is 7. The standard InChI is InChI=1S/C9H13NO3/c1-2-9(12)13-7-5-3-4-6-10-8-11/h2H,1,3-7H2. The summed E-state index contributed by atoms with van der Waals surface area (Å²) in [4.78, 5) is 23.6. The van der Waals surface area contributed by atoms with Gasteiger partial charge in [0.15, 0.2) is 0 Å². The molecule has 0 aromatic heterocycles. The van der Waals surface area contributed by atoms with Gasteiger partial charge in [0.25, 0.3) is 0 Å². The maximum atomic E-state index is 10.5. The van der Waals surface area contributed by atoms with Crippen molar-refractivity contribution in [3.63, 3.8) is 0 Å². The van der Waals surface area contributed by atoms with E-state index in [9.17, 15) is 9.59 Å². The summed E-state index contributed by atoms with van der Waals surface area (Å²) < 4.78 is 4.73. The Kier molecular flexibility index (Phi) is 7.74. The minimum absolute atomic E-state index is 0.397. The van der Waals surface area contributed by atoms with Gasteiger partial charge in [-0.1, -0.05) is 6.58 Å². The molecule has 4 heteroatoms. The highest BCUT2D eigenvalue weighted by Gasteiger charge is 1.94. The lowest BCUT2D eigenvalue weighted by atomic mass is 10.2. The number of carbonyl (C=O) groups is 1. The largest absolute Gasteiger partial charge is 0.463 e. The van der Waals surface area contributed by atoms with Crippen LogP contribution in [0, 0.1) is 0 Å². The van der Waals surface area contributed by atoms with Crippen LogP contribution in [0.25, 0.3) is 0 Å². The van der Waals surface area contributed by atoms with Crippen LogP contribution in [0.15, 0.2) is 17.6 Å². The molecular formula is C9H13NO3. The summed E-state index contributed by atoms with van der Waals surface area (Å²) in [5.41, 5.74) is 0. The van der Waals surface area contributed by atoms with Crippen molar-refractivity contribution in [1.29, 1.82) is 0 Å². The molecule has 4 nitrogen and oxygen atoms in total. The van der Waals surface area contributed by atoms with E-state index in [1.54, 1.807) is 0 Å². The van der Waals surface area contributed by atoms with Crippen molar-refractivity contribution in [2.45, 2.75) is 19.3 Å². The summed E-state index contributed by atoms with van der Waals surface area (Å²) in [6.45, 7) is 4.16. The molecule has 72 valence electrons. The highest BCUT2D eigenvalue weighted by Crippen LogP contribution is 1.96. The van der Waals surface area contributed by atoms with Crippen LogP contribution in [-0.4, -0.2) is 25.2 Å². The van der Waals surface area contributed by atoms with E-state index in [1.165, 1.54) is 6.08 Å². The Balaban J connectivity index is 3.12. The first-order chi connectivity index (χ1) is 6.31. The van der Waals surface area contributed by atoms with Crippen molar-refractivity contribution in [3.8, 4) is 0 Å². The van der Waals surface area contributed by atoms with Crippen molar-refractivity contribution < 1.29 is 14.3 Å². The smallest absolute Gasteiger partial charge is 0.330 e.